The highest BCUT2D eigenvalue weighted by Crippen LogP contribution is 2.30. The molecule has 0 aliphatic heterocycles. The maximum Gasteiger partial charge on any atom is 0.271 e. The van der Waals surface area contributed by atoms with Gasteiger partial charge >= 0.3 is 0 Å². The predicted octanol–water partition coefficient (Wildman–Crippen LogP) is 0.893. The van der Waals surface area contributed by atoms with Crippen LogP contribution in [-0.4, -0.2) is 26.4 Å². The molecular weight excluding hydrogens is 220 g/mol. The first-order valence-corrected chi connectivity index (χ1v) is 5.02. The zero-order valence-electron chi connectivity index (χ0n) is 9.48. The Balaban J connectivity index is 2.69. The number of nitrogens with one attached hydrogen (secondary N) is 1. The summed E-state index contributed by atoms with van der Waals surface area (Å²) >= 11 is 0. The Morgan fingerprint density at radius 1 is 1.29 bits per heavy atom. The van der Waals surface area contributed by atoms with Gasteiger partial charge in [0.2, 0.25) is 0 Å². The minimum atomic E-state index is -0.638. The van der Waals surface area contributed by atoms with Gasteiger partial charge in [-0.1, -0.05) is 0 Å². The van der Waals surface area contributed by atoms with Gasteiger partial charge in [0.05, 0.1) is 0 Å². The molecule has 2 aromatic rings. The monoisotopic (exact) mass is 232 g/mol. The Kier molecular flexibility index (Phi) is 2.55. The molecule has 4 N–H and O–H groups in total. The van der Waals surface area contributed by atoms with Crippen molar-refractivity contribution in [3.05, 3.63) is 29.0 Å². The van der Waals surface area contributed by atoms with Crippen LogP contribution in [0.2, 0.25) is 0 Å². The average molecular weight is 232 g/mol. The number of hydrogen-bond acceptors (Lipinski definition) is 4. The maximum absolute atomic E-state index is 11.2. The summed E-state index contributed by atoms with van der Waals surface area (Å²) in [4.78, 5) is 11.2. The molecule has 0 bridgehead atoms. The molecule has 1 aromatic carbocycles. The highest BCUT2D eigenvalue weighted by molar-refractivity contribution is 5.97. The third-order valence-corrected chi connectivity index (χ3v) is 2.54. The first-order chi connectivity index (χ1) is 8.00. The molecule has 6 heteroatoms. The van der Waals surface area contributed by atoms with Gasteiger partial charge in [0.15, 0.2) is 5.69 Å². The number of rotatable bonds is 2. The van der Waals surface area contributed by atoms with Crippen molar-refractivity contribution in [2.45, 2.75) is 13.8 Å². The number of aryl methyl sites for hydroxylation is 2. The Morgan fingerprint density at radius 3 is 2.41 bits per heavy atom. The maximum atomic E-state index is 11.2. The Hall–Kier alpha value is -2.37. The molecule has 0 aliphatic carbocycles. The Labute approximate surface area is 97.5 Å². The number of nitrogens with two attached hydrogens (primary N) is 1. The Morgan fingerprint density at radius 2 is 1.88 bits per heavy atom. The first kappa shape index (κ1) is 11.1. The molecule has 0 radical (unpaired) electrons. The molecule has 0 saturated carbocycles. The fourth-order valence-electron chi connectivity index (χ4n) is 1.89. The summed E-state index contributed by atoms with van der Waals surface area (Å²) in [5.41, 5.74) is 8.09. The molecule has 1 aromatic heterocycles. The lowest BCUT2D eigenvalue weighted by atomic mass is 9.98. The van der Waals surface area contributed by atoms with Crippen LogP contribution in [0, 0.1) is 13.8 Å². The molecule has 0 atom stereocenters. The lowest BCUT2D eigenvalue weighted by molar-refractivity contribution is 0.0996. The number of nitrogens with zero attached hydrogens (tertiary/aromatic N) is 2. The molecule has 1 amide bonds. The number of phenolic OH excluding ortho intramolecular Hbond substituents is 1. The van der Waals surface area contributed by atoms with Crippen molar-refractivity contribution < 1.29 is 9.90 Å². The lowest BCUT2D eigenvalue weighted by Crippen LogP contribution is -2.13. The van der Waals surface area contributed by atoms with E-state index < -0.39 is 5.91 Å². The number of H-pyrrole nitrogens is 1. The number of phenols is 1. The van der Waals surface area contributed by atoms with Crippen LogP contribution < -0.4 is 5.73 Å². The molecule has 17 heavy (non-hydrogen) atoms. The molecule has 88 valence electrons. The number of hydrogen-bond donors (Lipinski definition) is 3. The van der Waals surface area contributed by atoms with Gasteiger partial charge in [-0.3, -0.25) is 4.79 Å². The number of carbonyl (C=O) groups excluding carboxylic acids is 1. The third-order valence-electron chi connectivity index (χ3n) is 2.54. The normalized spacial score (nSPS) is 10.5. The highest BCUT2D eigenvalue weighted by Gasteiger charge is 2.18. The Bertz CT molecular complexity index is 566. The van der Waals surface area contributed by atoms with Gasteiger partial charge in [-0.15, -0.1) is 0 Å². The lowest BCUT2D eigenvalue weighted by Gasteiger charge is -2.08. The molecule has 0 saturated heterocycles. The minimum Gasteiger partial charge on any atom is -0.508 e. The fourth-order valence-corrected chi connectivity index (χ4v) is 1.89. The smallest absolute Gasteiger partial charge is 0.271 e. The van der Waals surface area contributed by atoms with E-state index in [-0.39, 0.29) is 11.4 Å². The average Bonchev–Trinajstić information content (AvgIpc) is 2.64. The van der Waals surface area contributed by atoms with Crippen molar-refractivity contribution in [2.75, 3.05) is 0 Å². The van der Waals surface area contributed by atoms with E-state index in [1.165, 1.54) is 0 Å². The molecule has 0 fully saturated rings. The SMILES string of the molecule is Cc1cc(O)cc(C)c1-c1n[nH]nc1C(N)=O. The zero-order chi connectivity index (χ0) is 12.6. The summed E-state index contributed by atoms with van der Waals surface area (Å²) in [5, 5.41) is 19.5. The first-order valence-electron chi connectivity index (χ1n) is 5.02. The second-order valence-electron chi connectivity index (χ2n) is 3.84. The van der Waals surface area contributed by atoms with E-state index in [0.717, 1.165) is 16.7 Å². The number of aromatic hydroxyl groups is 1. The van der Waals surface area contributed by atoms with Gasteiger partial charge in [-0.05, 0) is 37.1 Å². The van der Waals surface area contributed by atoms with E-state index in [9.17, 15) is 9.90 Å². The number of aromatic amines is 1. The van der Waals surface area contributed by atoms with Crippen molar-refractivity contribution >= 4 is 5.91 Å². The van der Waals surface area contributed by atoms with E-state index in [2.05, 4.69) is 15.4 Å². The van der Waals surface area contributed by atoms with Crippen molar-refractivity contribution in [2.24, 2.45) is 5.73 Å². The van der Waals surface area contributed by atoms with E-state index >= 15 is 0 Å². The van der Waals surface area contributed by atoms with E-state index in [1.54, 1.807) is 12.1 Å². The zero-order valence-corrected chi connectivity index (χ0v) is 9.48. The summed E-state index contributed by atoms with van der Waals surface area (Å²) in [6.45, 7) is 3.64. The van der Waals surface area contributed by atoms with Crippen LogP contribution in [-0.2, 0) is 0 Å². The minimum absolute atomic E-state index is 0.0990. The molecule has 1 heterocycles. The van der Waals surface area contributed by atoms with Crippen molar-refractivity contribution in [3.63, 3.8) is 0 Å². The van der Waals surface area contributed by atoms with Crippen LogP contribution in [0.1, 0.15) is 21.6 Å². The van der Waals surface area contributed by atoms with Gasteiger partial charge in [-0.25, -0.2) is 0 Å². The van der Waals surface area contributed by atoms with Crippen LogP contribution >= 0.6 is 0 Å². The van der Waals surface area contributed by atoms with Crippen LogP contribution in [0.25, 0.3) is 11.3 Å². The molecule has 6 nitrogen and oxygen atoms in total. The summed E-state index contributed by atoms with van der Waals surface area (Å²) in [5.74, 6) is -0.464. The van der Waals surface area contributed by atoms with Gasteiger partial charge in [0.25, 0.3) is 5.91 Å². The summed E-state index contributed by atoms with van der Waals surface area (Å²) in [6, 6.07) is 3.20. The molecular formula is C11H12N4O2. The second-order valence-corrected chi connectivity index (χ2v) is 3.84. The molecule has 0 unspecified atom stereocenters. The number of aromatic nitrogens is 3. The van der Waals surface area contributed by atoms with Crippen LogP contribution in [0.4, 0.5) is 0 Å². The van der Waals surface area contributed by atoms with Crippen molar-refractivity contribution in [1.82, 2.24) is 15.4 Å². The summed E-state index contributed by atoms with van der Waals surface area (Å²) in [6.07, 6.45) is 0. The molecule has 0 aliphatic rings. The quantitative estimate of drug-likeness (QED) is 0.715. The molecule has 0 spiro atoms. The summed E-state index contributed by atoms with van der Waals surface area (Å²) < 4.78 is 0. The van der Waals surface area contributed by atoms with E-state index in [0.29, 0.717) is 5.69 Å². The number of benzene rings is 1. The topological polar surface area (TPSA) is 105 Å². The van der Waals surface area contributed by atoms with E-state index in [4.69, 9.17) is 5.73 Å². The van der Waals surface area contributed by atoms with Gasteiger partial charge < -0.3 is 10.8 Å². The fraction of sp³-hybridized carbons (Fsp3) is 0.182. The van der Waals surface area contributed by atoms with Crippen molar-refractivity contribution in [3.8, 4) is 17.0 Å². The van der Waals surface area contributed by atoms with Gasteiger partial charge in [0.1, 0.15) is 11.4 Å². The van der Waals surface area contributed by atoms with Gasteiger partial charge in [-0.2, -0.15) is 15.4 Å². The highest BCUT2D eigenvalue weighted by atomic mass is 16.3. The van der Waals surface area contributed by atoms with E-state index in [1.807, 2.05) is 13.8 Å². The standard InChI is InChI=1S/C11H12N4O2/c1-5-3-7(16)4-6(2)8(5)9-10(11(12)17)14-15-13-9/h3-4,16H,1-2H3,(H2,12,17)(H,13,14,15). The number of carbonyl (C=O) groups is 1. The predicted molar refractivity (Wildman–Crippen MR) is 61.5 cm³/mol. The second kappa shape index (κ2) is 3.89. The van der Waals surface area contributed by atoms with Crippen LogP contribution in [0.5, 0.6) is 5.75 Å². The van der Waals surface area contributed by atoms with Crippen LogP contribution in [0.3, 0.4) is 0 Å². The number of amides is 1. The third kappa shape index (κ3) is 1.84. The summed E-state index contributed by atoms with van der Waals surface area (Å²) in [7, 11) is 0. The molecule has 2 rings (SSSR count). The van der Waals surface area contributed by atoms with Gasteiger partial charge in [0, 0.05) is 5.56 Å². The van der Waals surface area contributed by atoms with Crippen LogP contribution in [0.15, 0.2) is 12.1 Å². The van der Waals surface area contributed by atoms with Crippen molar-refractivity contribution in [1.29, 1.82) is 0 Å². The largest absolute Gasteiger partial charge is 0.508 e. The number of primary amides is 1.